The maximum absolute atomic E-state index is 5.81. The minimum atomic E-state index is 0.498. The molecule has 72 valence electrons. The van der Waals surface area contributed by atoms with E-state index >= 15 is 0 Å². The highest BCUT2D eigenvalue weighted by Crippen LogP contribution is 2.18. The van der Waals surface area contributed by atoms with Crippen LogP contribution in [0.3, 0.4) is 0 Å². The topological polar surface area (TPSA) is 22.1 Å². The molecule has 0 saturated carbocycles. The quantitative estimate of drug-likeness (QED) is 0.799. The van der Waals surface area contributed by atoms with E-state index in [1.165, 1.54) is 0 Å². The molecule has 2 rings (SSSR count). The number of hydrogen-bond acceptors (Lipinski definition) is 3. The van der Waals surface area contributed by atoms with E-state index in [9.17, 15) is 0 Å². The van der Waals surface area contributed by atoms with E-state index in [0.29, 0.717) is 11.6 Å². The number of ether oxygens (including phenoxy) is 1. The standard InChI is InChI=1S/C10H8ClNOS/c11-8-2-1-3-9(6-8)13-7-10-12-4-5-14-10/h1-6H,7H2. The lowest BCUT2D eigenvalue weighted by Crippen LogP contribution is -1.93. The Hall–Kier alpha value is -1.06. The molecular formula is C10H8ClNOS. The maximum Gasteiger partial charge on any atom is 0.140 e. The third kappa shape index (κ3) is 2.47. The second-order valence-electron chi connectivity index (χ2n) is 2.67. The highest BCUT2D eigenvalue weighted by atomic mass is 35.5. The van der Waals surface area contributed by atoms with Crippen LogP contribution in [-0.4, -0.2) is 4.98 Å². The van der Waals surface area contributed by atoms with E-state index in [0.717, 1.165) is 10.8 Å². The van der Waals surface area contributed by atoms with E-state index in [1.54, 1.807) is 23.6 Å². The molecule has 0 amide bonds. The number of thiazole rings is 1. The van der Waals surface area contributed by atoms with Crippen molar-refractivity contribution in [1.82, 2.24) is 4.98 Å². The van der Waals surface area contributed by atoms with Gasteiger partial charge in [0.15, 0.2) is 0 Å². The summed E-state index contributed by atoms with van der Waals surface area (Å²) >= 11 is 7.39. The third-order valence-electron chi connectivity index (χ3n) is 1.64. The lowest BCUT2D eigenvalue weighted by molar-refractivity contribution is 0.305. The molecule has 0 spiro atoms. The van der Waals surface area contributed by atoms with Gasteiger partial charge in [0.2, 0.25) is 0 Å². The van der Waals surface area contributed by atoms with Crippen LogP contribution in [0.2, 0.25) is 5.02 Å². The number of halogens is 1. The summed E-state index contributed by atoms with van der Waals surface area (Å²) in [6.45, 7) is 0.498. The van der Waals surface area contributed by atoms with Crippen LogP contribution in [0.15, 0.2) is 35.8 Å². The third-order valence-corrected chi connectivity index (χ3v) is 2.63. The number of hydrogen-bond donors (Lipinski definition) is 0. The molecule has 0 aliphatic carbocycles. The van der Waals surface area contributed by atoms with Gasteiger partial charge in [-0.05, 0) is 18.2 Å². The van der Waals surface area contributed by atoms with Crippen LogP contribution in [0.1, 0.15) is 5.01 Å². The fourth-order valence-corrected chi connectivity index (χ4v) is 1.73. The first-order chi connectivity index (χ1) is 6.84. The van der Waals surface area contributed by atoms with Gasteiger partial charge >= 0.3 is 0 Å². The maximum atomic E-state index is 5.81. The minimum absolute atomic E-state index is 0.498. The van der Waals surface area contributed by atoms with Crippen molar-refractivity contribution in [2.45, 2.75) is 6.61 Å². The Kier molecular flexibility index (Phi) is 3.01. The molecule has 1 aromatic carbocycles. The summed E-state index contributed by atoms with van der Waals surface area (Å²) in [6.07, 6.45) is 1.77. The highest BCUT2D eigenvalue weighted by Gasteiger charge is 1.97. The molecular weight excluding hydrogens is 218 g/mol. The van der Waals surface area contributed by atoms with Gasteiger partial charge in [-0.15, -0.1) is 11.3 Å². The van der Waals surface area contributed by atoms with E-state index in [1.807, 2.05) is 23.6 Å². The number of nitrogens with zero attached hydrogens (tertiary/aromatic N) is 1. The Balaban J connectivity index is 1.98. The number of benzene rings is 1. The Morgan fingerprint density at radius 1 is 1.43 bits per heavy atom. The fourth-order valence-electron chi connectivity index (χ4n) is 1.03. The average Bonchev–Trinajstić information content (AvgIpc) is 2.67. The van der Waals surface area contributed by atoms with E-state index < -0.39 is 0 Å². The van der Waals surface area contributed by atoms with Crippen molar-refractivity contribution < 1.29 is 4.74 Å². The number of rotatable bonds is 3. The van der Waals surface area contributed by atoms with Crippen LogP contribution in [0.25, 0.3) is 0 Å². The average molecular weight is 226 g/mol. The summed E-state index contributed by atoms with van der Waals surface area (Å²) in [4.78, 5) is 4.11. The molecule has 0 bridgehead atoms. The predicted molar refractivity (Wildman–Crippen MR) is 57.9 cm³/mol. The predicted octanol–water partition coefficient (Wildman–Crippen LogP) is 3.38. The summed E-state index contributed by atoms with van der Waals surface area (Å²) in [6, 6.07) is 7.34. The largest absolute Gasteiger partial charge is 0.486 e. The first-order valence-electron chi connectivity index (χ1n) is 4.11. The molecule has 0 radical (unpaired) electrons. The summed E-state index contributed by atoms with van der Waals surface area (Å²) in [7, 11) is 0. The first-order valence-corrected chi connectivity index (χ1v) is 5.37. The van der Waals surface area contributed by atoms with Gasteiger partial charge in [0.25, 0.3) is 0 Å². The molecule has 14 heavy (non-hydrogen) atoms. The van der Waals surface area contributed by atoms with Gasteiger partial charge in [0.1, 0.15) is 17.4 Å². The summed E-state index contributed by atoms with van der Waals surface area (Å²) in [5, 5.41) is 3.57. The van der Waals surface area contributed by atoms with E-state index in [-0.39, 0.29) is 0 Å². The summed E-state index contributed by atoms with van der Waals surface area (Å²) in [5.41, 5.74) is 0. The summed E-state index contributed by atoms with van der Waals surface area (Å²) < 4.78 is 5.49. The molecule has 0 unspecified atom stereocenters. The molecule has 0 atom stereocenters. The fraction of sp³-hybridized carbons (Fsp3) is 0.100. The molecule has 2 nitrogen and oxygen atoms in total. The van der Waals surface area contributed by atoms with Gasteiger partial charge in [0, 0.05) is 16.6 Å². The van der Waals surface area contributed by atoms with Crippen LogP contribution in [0.4, 0.5) is 0 Å². The van der Waals surface area contributed by atoms with Gasteiger partial charge < -0.3 is 4.74 Å². The minimum Gasteiger partial charge on any atom is -0.486 e. The smallest absolute Gasteiger partial charge is 0.140 e. The van der Waals surface area contributed by atoms with Crippen LogP contribution < -0.4 is 4.74 Å². The van der Waals surface area contributed by atoms with Gasteiger partial charge in [-0.3, -0.25) is 0 Å². The highest BCUT2D eigenvalue weighted by molar-refractivity contribution is 7.09. The van der Waals surface area contributed by atoms with Crippen LogP contribution >= 0.6 is 22.9 Å². The first kappa shape index (κ1) is 9.49. The lowest BCUT2D eigenvalue weighted by Gasteiger charge is -2.03. The van der Waals surface area contributed by atoms with Crippen LogP contribution in [-0.2, 0) is 6.61 Å². The second-order valence-corrected chi connectivity index (χ2v) is 4.09. The Labute approximate surface area is 91.1 Å². The van der Waals surface area contributed by atoms with Crippen molar-refractivity contribution >= 4 is 22.9 Å². The molecule has 0 aliphatic rings. The molecule has 1 aromatic heterocycles. The molecule has 0 saturated heterocycles. The zero-order valence-electron chi connectivity index (χ0n) is 7.31. The van der Waals surface area contributed by atoms with Crippen molar-refractivity contribution in [3.63, 3.8) is 0 Å². The van der Waals surface area contributed by atoms with Crippen molar-refractivity contribution in [2.24, 2.45) is 0 Å². The Morgan fingerprint density at radius 3 is 3.07 bits per heavy atom. The molecule has 0 fully saturated rings. The molecule has 2 aromatic rings. The van der Waals surface area contributed by atoms with Crippen LogP contribution in [0.5, 0.6) is 5.75 Å². The van der Waals surface area contributed by atoms with Crippen molar-refractivity contribution in [3.8, 4) is 5.75 Å². The van der Waals surface area contributed by atoms with Gasteiger partial charge in [-0.1, -0.05) is 17.7 Å². The van der Waals surface area contributed by atoms with Crippen molar-refractivity contribution in [1.29, 1.82) is 0 Å². The van der Waals surface area contributed by atoms with Crippen molar-refractivity contribution in [2.75, 3.05) is 0 Å². The Bertz CT molecular complexity index is 402. The van der Waals surface area contributed by atoms with Crippen molar-refractivity contribution in [3.05, 3.63) is 45.9 Å². The normalized spacial score (nSPS) is 10.1. The second kappa shape index (κ2) is 4.44. The molecule has 0 N–H and O–H groups in total. The SMILES string of the molecule is Clc1cccc(OCc2nccs2)c1. The zero-order chi connectivity index (χ0) is 9.80. The monoisotopic (exact) mass is 225 g/mol. The molecule has 1 heterocycles. The molecule has 4 heteroatoms. The van der Waals surface area contributed by atoms with Gasteiger partial charge in [-0.25, -0.2) is 4.98 Å². The number of aromatic nitrogens is 1. The summed E-state index contributed by atoms with van der Waals surface area (Å²) in [5.74, 6) is 0.771. The lowest BCUT2D eigenvalue weighted by atomic mass is 10.3. The zero-order valence-corrected chi connectivity index (χ0v) is 8.89. The molecule has 0 aliphatic heterocycles. The van der Waals surface area contributed by atoms with E-state index in [2.05, 4.69) is 4.98 Å². The van der Waals surface area contributed by atoms with E-state index in [4.69, 9.17) is 16.3 Å². The Morgan fingerprint density at radius 2 is 2.36 bits per heavy atom. The van der Waals surface area contributed by atoms with Gasteiger partial charge in [-0.2, -0.15) is 0 Å². The van der Waals surface area contributed by atoms with Crippen LogP contribution in [0, 0.1) is 0 Å². The van der Waals surface area contributed by atoms with Gasteiger partial charge in [0.05, 0.1) is 0 Å².